The summed E-state index contributed by atoms with van der Waals surface area (Å²) in [7, 11) is 0. The number of carboxylic acids is 1. The van der Waals surface area contributed by atoms with Gasteiger partial charge >= 0.3 is 5.97 Å². The van der Waals surface area contributed by atoms with Crippen molar-refractivity contribution in [2.75, 3.05) is 18.6 Å². The first-order chi connectivity index (χ1) is 8.15. The van der Waals surface area contributed by atoms with Crippen LogP contribution in [0.1, 0.15) is 38.5 Å². The molecule has 1 fully saturated rings. The molecule has 1 heterocycles. The Morgan fingerprint density at radius 2 is 2.12 bits per heavy atom. The Morgan fingerprint density at radius 3 is 2.76 bits per heavy atom. The highest BCUT2D eigenvalue weighted by Crippen LogP contribution is 2.22. The van der Waals surface area contributed by atoms with Crippen LogP contribution < -0.4 is 0 Å². The highest BCUT2D eigenvalue weighted by Gasteiger charge is 2.26. The molecule has 1 amide bonds. The molecule has 1 N–H and O–H groups in total. The van der Waals surface area contributed by atoms with Gasteiger partial charge in [0.05, 0.1) is 0 Å². The van der Waals surface area contributed by atoms with Gasteiger partial charge in [-0.2, -0.15) is 11.8 Å². The molecule has 1 saturated heterocycles. The van der Waals surface area contributed by atoms with Gasteiger partial charge in [-0.15, -0.1) is 0 Å². The summed E-state index contributed by atoms with van der Waals surface area (Å²) in [6, 6.07) is 0.147. The number of nitrogens with zero attached hydrogens (tertiary/aromatic N) is 1. The van der Waals surface area contributed by atoms with E-state index in [9.17, 15) is 9.59 Å². The molecule has 4 nitrogen and oxygen atoms in total. The van der Waals surface area contributed by atoms with E-state index in [2.05, 4.69) is 0 Å². The Kier molecular flexibility index (Phi) is 6.40. The van der Waals surface area contributed by atoms with E-state index in [4.69, 9.17) is 5.11 Å². The van der Waals surface area contributed by atoms with E-state index in [0.29, 0.717) is 12.8 Å². The van der Waals surface area contributed by atoms with E-state index in [1.54, 1.807) is 11.8 Å². The Labute approximate surface area is 107 Å². The van der Waals surface area contributed by atoms with Gasteiger partial charge in [-0.05, 0) is 31.9 Å². The van der Waals surface area contributed by atoms with Crippen LogP contribution in [0.15, 0.2) is 0 Å². The summed E-state index contributed by atoms with van der Waals surface area (Å²) in [6.07, 6.45) is 6.44. The molecule has 1 unspecified atom stereocenters. The minimum Gasteiger partial charge on any atom is -0.481 e. The number of thioether (sulfide) groups is 1. The molecule has 1 atom stereocenters. The molecule has 17 heavy (non-hydrogen) atoms. The molecule has 5 heteroatoms. The van der Waals surface area contributed by atoms with Gasteiger partial charge in [-0.1, -0.05) is 0 Å². The van der Waals surface area contributed by atoms with Gasteiger partial charge in [0, 0.05) is 31.2 Å². The highest BCUT2D eigenvalue weighted by atomic mass is 32.2. The van der Waals surface area contributed by atoms with Crippen LogP contribution in [0.4, 0.5) is 0 Å². The van der Waals surface area contributed by atoms with Gasteiger partial charge in [-0.25, -0.2) is 0 Å². The quantitative estimate of drug-likeness (QED) is 0.792. The van der Waals surface area contributed by atoms with Crippen molar-refractivity contribution in [2.24, 2.45) is 0 Å². The van der Waals surface area contributed by atoms with E-state index in [1.807, 2.05) is 11.2 Å². The molecule has 1 aliphatic heterocycles. The Balaban J connectivity index is 2.46. The molecule has 0 aromatic rings. The normalized spacial score (nSPS) is 20.3. The largest absolute Gasteiger partial charge is 0.481 e. The number of hydrogen-bond acceptors (Lipinski definition) is 3. The zero-order chi connectivity index (χ0) is 12.7. The maximum atomic E-state index is 12.0. The van der Waals surface area contributed by atoms with Crippen LogP contribution in [0.25, 0.3) is 0 Å². The summed E-state index contributed by atoms with van der Waals surface area (Å²) in [5.74, 6) is 0.266. The number of carbonyl (C=O) groups excluding carboxylic acids is 1. The van der Waals surface area contributed by atoms with Crippen LogP contribution in [0.2, 0.25) is 0 Å². The molecule has 0 spiro atoms. The first-order valence-corrected chi connectivity index (χ1v) is 7.54. The van der Waals surface area contributed by atoms with Crippen molar-refractivity contribution in [3.05, 3.63) is 0 Å². The second-order valence-corrected chi connectivity index (χ2v) is 5.40. The topological polar surface area (TPSA) is 57.6 Å². The molecule has 1 aliphatic rings. The van der Waals surface area contributed by atoms with Crippen molar-refractivity contribution in [1.29, 1.82) is 0 Å². The predicted octanol–water partition coefficient (Wildman–Crippen LogP) is 1.99. The van der Waals surface area contributed by atoms with Gasteiger partial charge in [-0.3, -0.25) is 9.59 Å². The van der Waals surface area contributed by atoms with Crippen molar-refractivity contribution < 1.29 is 14.7 Å². The smallest absolute Gasteiger partial charge is 0.303 e. The molecule has 98 valence electrons. The lowest BCUT2D eigenvalue weighted by Gasteiger charge is -2.35. The van der Waals surface area contributed by atoms with Crippen molar-refractivity contribution in [2.45, 2.75) is 44.6 Å². The van der Waals surface area contributed by atoms with Gasteiger partial charge in [0.1, 0.15) is 0 Å². The first kappa shape index (κ1) is 14.4. The lowest BCUT2D eigenvalue weighted by Crippen LogP contribution is -2.44. The fourth-order valence-electron chi connectivity index (χ4n) is 2.25. The zero-order valence-electron chi connectivity index (χ0n) is 10.4. The average molecular weight is 259 g/mol. The van der Waals surface area contributed by atoms with E-state index in [1.165, 1.54) is 0 Å². The summed E-state index contributed by atoms with van der Waals surface area (Å²) in [4.78, 5) is 24.5. The third kappa shape index (κ3) is 4.98. The molecule has 0 aromatic carbocycles. The van der Waals surface area contributed by atoms with Crippen LogP contribution in [0.5, 0.6) is 0 Å². The minimum absolute atomic E-state index is 0.147. The van der Waals surface area contributed by atoms with Gasteiger partial charge in [0.25, 0.3) is 0 Å². The van der Waals surface area contributed by atoms with Crippen molar-refractivity contribution in [3.63, 3.8) is 0 Å². The predicted molar refractivity (Wildman–Crippen MR) is 69.2 cm³/mol. The van der Waals surface area contributed by atoms with E-state index >= 15 is 0 Å². The molecule has 0 bridgehead atoms. The van der Waals surface area contributed by atoms with E-state index in [-0.39, 0.29) is 18.4 Å². The third-order valence-corrected chi connectivity index (χ3v) is 3.77. The molecule has 0 radical (unpaired) electrons. The summed E-state index contributed by atoms with van der Waals surface area (Å²) in [5.41, 5.74) is 0. The van der Waals surface area contributed by atoms with E-state index in [0.717, 1.165) is 31.6 Å². The number of carbonyl (C=O) groups is 2. The number of hydrogen-bond donors (Lipinski definition) is 1. The van der Waals surface area contributed by atoms with Gasteiger partial charge in [0.15, 0.2) is 0 Å². The fraction of sp³-hybridized carbons (Fsp3) is 0.833. The van der Waals surface area contributed by atoms with Crippen molar-refractivity contribution in [1.82, 2.24) is 4.90 Å². The van der Waals surface area contributed by atoms with Crippen LogP contribution in [0, 0.1) is 0 Å². The lowest BCUT2D eigenvalue weighted by atomic mass is 9.97. The summed E-state index contributed by atoms with van der Waals surface area (Å²) >= 11 is 1.67. The second kappa shape index (κ2) is 7.58. The maximum absolute atomic E-state index is 12.0. The molecule has 0 aromatic heterocycles. The van der Waals surface area contributed by atoms with Crippen LogP contribution in [-0.4, -0.2) is 46.5 Å². The Bertz CT molecular complexity index is 270. The van der Waals surface area contributed by atoms with Crippen molar-refractivity contribution in [3.8, 4) is 0 Å². The maximum Gasteiger partial charge on any atom is 0.303 e. The average Bonchev–Trinajstić information content (AvgIpc) is 2.33. The third-order valence-electron chi connectivity index (χ3n) is 3.16. The molecular formula is C12H21NO3S. The first-order valence-electron chi connectivity index (χ1n) is 6.15. The highest BCUT2D eigenvalue weighted by molar-refractivity contribution is 7.98. The Hall–Kier alpha value is -0.710. The monoisotopic (exact) mass is 259 g/mol. The van der Waals surface area contributed by atoms with Crippen molar-refractivity contribution >= 4 is 23.6 Å². The number of rotatable bonds is 6. The van der Waals surface area contributed by atoms with Crippen LogP contribution in [-0.2, 0) is 9.59 Å². The van der Waals surface area contributed by atoms with Gasteiger partial charge in [0.2, 0.25) is 5.91 Å². The molecule has 0 aliphatic carbocycles. The Morgan fingerprint density at radius 1 is 1.35 bits per heavy atom. The summed E-state index contributed by atoms with van der Waals surface area (Å²) in [5, 5.41) is 8.70. The van der Waals surface area contributed by atoms with E-state index < -0.39 is 5.97 Å². The number of aliphatic carboxylic acids is 1. The molecular weight excluding hydrogens is 238 g/mol. The SMILES string of the molecule is CSCCC(=O)N1CCCCC1CCC(=O)O. The fourth-order valence-corrected chi connectivity index (χ4v) is 2.63. The number of piperidine rings is 1. The summed E-state index contributed by atoms with van der Waals surface area (Å²) in [6.45, 7) is 0.803. The molecule has 0 saturated carbocycles. The molecule has 1 rings (SSSR count). The lowest BCUT2D eigenvalue weighted by molar-refractivity contribution is -0.140. The van der Waals surface area contributed by atoms with Crippen LogP contribution >= 0.6 is 11.8 Å². The number of carboxylic acid groups (broad SMARTS) is 1. The standard InChI is InChI=1S/C12H21NO3S/c1-17-9-7-11(14)13-8-3-2-4-10(13)5-6-12(15)16/h10H,2-9H2,1H3,(H,15,16). The number of likely N-dealkylation sites (tertiary alicyclic amines) is 1. The summed E-state index contributed by atoms with van der Waals surface area (Å²) < 4.78 is 0. The minimum atomic E-state index is -0.771. The van der Waals surface area contributed by atoms with Crippen LogP contribution in [0.3, 0.4) is 0 Å². The number of amides is 1. The second-order valence-electron chi connectivity index (χ2n) is 4.41. The van der Waals surface area contributed by atoms with Gasteiger partial charge < -0.3 is 10.0 Å². The zero-order valence-corrected chi connectivity index (χ0v) is 11.2.